The van der Waals surface area contributed by atoms with Gasteiger partial charge in [0.25, 0.3) is 0 Å². The zero-order valence-electron chi connectivity index (χ0n) is 10.2. The number of nitriles is 1. The SMILES string of the molecule is CC(NCCN(C)C)c1cccc(C#N)c1. The molecule has 1 atom stereocenters. The zero-order chi connectivity index (χ0) is 12.0. The van der Waals surface area contributed by atoms with Gasteiger partial charge in [0.1, 0.15) is 0 Å². The molecule has 0 aromatic heterocycles. The maximum atomic E-state index is 8.82. The predicted molar refractivity (Wildman–Crippen MR) is 66.1 cm³/mol. The summed E-state index contributed by atoms with van der Waals surface area (Å²) in [6, 6.07) is 10.2. The molecule has 0 saturated heterocycles. The van der Waals surface area contributed by atoms with Gasteiger partial charge in [-0.15, -0.1) is 0 Å². The first-order valence-electron chi connectivity index (χ1n) is 5.51. The van der Waals surface area contributed by atoms with Crippen molar-refractivity contribution in [3.63, 3.8) is 0 Å². The van der Waals surface area contributed by atoms with Crippen LogP contribution in [0.2, 0.25) is 0 Å². The van der Waals surface area contributed by atoms with Crippen LogP contribution in [-0.4, -0.2) is 32.1 Å². The van der Waals surface area contributed by atoms with Crippen LogP contribution in [0.1, 0.15) is 24.1 Å². The summed E-state index contributed by atoms with van der Waals surface area (Å²) in [6.07, 6.45) is 0. The fourth-order valence-electron chi connectivity index (χ4n) is 1.50. The van der Waals surface area contributed by atoms with Crippen LogP contribution in [0.3, 0.4) is 0 Å². The van der Waals surface area contributed by atoms with E-state index < -0.39 is 0 Å². The van der Waals surface area contributed by atoms with Crippen molar-refractivity contribution in [1.29, 1.82) is 5.26 Å². The molecule has 0 amide bonds. The normalized spacial score (nSPS) is 12.4. The first-order valence-corrected chi connectivity index (χ1v) is 5.51. The van der Waals surface area contributed by atoms with Gasteiger partial charge in [0.05, 0.1) is 11.6 Å². The van der Waals surface area contributed by atoms with E-state index in [1.54, 1.807) is 0 Å². The van der Waals surface area contributed by atoms with Crippen LogP contribution >= 0.6 is 0 Å². The number of likely N-dealkylation sites (N-methyl/N-ethyl adjacent to an activating group) is 1. The fourth-order valence-corrected chi connectivity index (χ4v) is 1.50. The van der Waals surface area contributed by atoms with Crippen molar-refractivity contribution in [3.8, 4) is 6.07 Å². The minimum Gasteiger partial charge on any atom is -0.309 e. The lowest BCUT2D eigenvalue weighted by Gasteiger charge is -2.16. The Morgan fingerprint density at radius 2 is 2.19 bits per heavy atom. The molecule has 0 fully saturated rings. The van der Waals surface area contributed by atoms with Crippen LogP contribution in [0.4, 0.5) is 0 Å². The van der Waals surface area contributed by atoms with Gasteiger partial charge in [-0.25, -0.2) is 0 Å². The van der Waals surface area contributed by atoms with Crippen molar-refractivity contribution in [2.75, 3.05) is 27.2 Å². The zero-order valence-corrected chi connectivity index (χ0v) is 10.2. The second-order valence-electron chi connectivity index (χ2n) is 4.22. The molecule has 16 heavy (non-hydrogen) atoms. The molecule has 1 aromatic carbocycles. The van der Waals surface area contributed by atoms with E-state index in [9.17, 15) is 0 Å². The van der Waals surface area contributed by atoms with E-state index in [1.807, 2.05) is 24.3 Å². The molecule has 1 aromatic rings. The molecule has 0 bridgehead atoms. The minimum absolute atomic E-state index is 0.285. The van der Waals surface area contributed by atoms with Crippen molar-refractivity contribution in [1.82, 2.24) is 10.2 Å². The van der Waals surface area contributed by atoms with Gasteiger partial charge in [-0.3, -0.25) is 0 Å². The van der Waals surface area contributed by atoms with Gasteiger partial charge in [-0.2, -0.15) is 5.26 Å². The van der Waals surface area contributed by atoms with E-state index in [0.717, 1.165) is 24.2 Å². The van der Waals surface area contributed by atoms with E-state index in [0.29, 0.717) is 0 Å². The summed E-state index contributed by atoms with van der Waals surface area (Å²) < 4.78 is 0. The van der Waals surface area contributed by atoms with Gasteiger partial charge in [0.2, 0.25) is 0 Å². The van der Waals surface area contributed by atoms with Gasteiger partial charge in [0.15, 0.2) is 0 Å². The second-order valence-corrected chi connectivity index (χ2v) is 4.22. The van der Waals surface area contributed by atoms with E-state index >= 15 is 0 Å². The molecule has 0 spiro atoms. The summed E-state index contributed by atoms with van der Waals surface area (Å²) in [4.78, 5) is 2.14. The molecule has 0 aliphatic heterocycles. The molecule has 3 nitrogen and oxygen atoms in total. The number of hydrogen-bond acceptors (Lipinski definition) is 3. The summed E-state index contributed by atoms with van der Waals surface area (Å²) in [5.74, 6) is 0. The molecule has 0 heterocycles. The van der Waals surface area contributed by atoms with Crippen LogP contribution in [0.5, 0.6) is 0 Å². The molecule has 0 aliphatic rings. The predicted octanol–water partition coefficient (Wildman–Crippen LogP) is 1.77. The highest BCUT2D eigenvalue weighted by molar-refractivity contribution is 5.33. The number of hydrogen-bond donors (Lipinski definition) is 1. The van der Waals surface area contributed by atoms with Crippen molar-refractivity contribution >= 4 is 0 Å². The van der Waals surface area contributed by atoms with Crippen molar-refractivity contribution in [3.05, 3.63) is 35.4 Å². The third kappa shape index (κ3) is 4.01. The lowest BCUT2D eigenvalue weighted by atomic mass is 10.1. The number of benzene rings is 1. The summed E-state index contributed by atoms with van der Waals surface area (Å²) in [7, 11) is 4.12. The fraction of sp³-hybridized carbons (Fsp3) is 0.462. The Morgan fingerprint density at radius 3 is 2.81 bits per heavy atom. The van der Waals surface area contributed by atoms with Crippen LogP contribution in [-0.2, 0) is 0 Å². The average molecular weight is 217 g/mol. The molecular weight excluding hydrogens is 198 g/mol. The molecule has 0 aliphatic carbocycles. The highest BCUT2D eigenvalue weighted by Crippen LogP contribution is 2.13. The van der Waals surface area contributed by atoms with Crippen molar-refractivity contribution in [2.45, 2.75) is 13.0 Å². The Kier molecular flexibility index (Phi) is 4.97. The monoisotopic (exact) mass is 217 g/mol. The summed E-state index contributed by atoms with van der Waals surface area (Å²) in [6.45, 7) is 4.08. The first-order chi connectivity index (χ1) is 7.63. The largest absolute Gasteiger partial charge is 0.309 e. The lowest BCUT2D eigenvalue weighted by molar-refractivity contribution is 0.389. The topological polar surface area (TPSA) is 39.1 Å². The first kappa shape index (κ1) is 12.7. The smallest absolute Gasteiger partial charge is 0.0991 e. The number of nitrogens with zero attached hydrogens (tertiary/aromatic N) is 2. The Hall–Kier alpha value is -1.37. The summed E-state index contributed by atoms with van der Waals surface area (Å²) in [5.41, 5.74) is 1.89. The highest BCUT2D eigenvalue weighted by atomic mass is 15.1. The Balaban J connectivity index is 2.52. The van der Waals surface area contributed by atoms with Crippen molar-refractivity contribution in [2.24, 2.45) is 0 Å². The molecule has 1 rings (SSSR count). The minimum atomic E-state index is 0.285. The standard InChI is InChI=1S/C13H19N3/c1-11(15-7-8-16(2)3)13-6-4-5-12(9-13)10-14/h4-6,9,11,15H,7-8H2,1-3H3. The third-order valence-corrected chi connectivity index (χ3v) is 2.53. The van der Waals surface area contributed by atoms with Gasteiger partial charge >= 0.3 is 0 Å². The number of rotatable bonds is 5. The number of nitrogens with one attached hydrogen (secondary N) is 1. The van der Waals surface area contributed by atoms with Crippen LogP contribution in [0.15, 0.2) is 24.3 Å². The van der Waals surface area contributed by atoms with E-state index in [4.69, 9.17) is 5.26 Å². The lowest BCUT2D eigenvalue weighted by Crippen LogP contribution is -2.28. The molecule has 3 heteroatoms. The molecule has 0 radical (unpaired) electrons. The van der Waals surface area contributed by atoms with Crippen LogP contribution in [0, 0.1) is 11.3 Å². The quantitative estimate of drug-likeness (QED) is 0.817. The third-order valence-electron chi connectivity index (χ3n) is 2.53. The van der Waals surface area contributed by atoms with Crippen molar-refractivity contribution < 1.29 is 0 Å². The highest BCUT2D eigenvalue weighted by Gasteiger charge is 2.04. The summed E-state index contributed by atoms with van der Waals surface area (Å²) in [5, 5.41) is 12.2. The maximum Gasteiger partial charge on any atom is 0.0991 e. The average Bonchev–Trinajstić information content (AvgIpc) is 2.28. The molecule has 1 N–H and O–H groups in total. The summed E-state index contributed by atoms with van der Waals surface area (Å²) >= 11 is 0. The van der Waals surface area contributed by atoms with Gasteiger partial charge in [0, 0.05) is 19.1 Å². The van der Waals surface area contributed by atoms with E-state index in [2.05, 4.69) is 37.3 Å². The molecule has 0 saturated carbocycles. The van der Waals surface area contributed by atoms with Gasteiger partial charge < -0.3 is 10.2 Å². The molecular formula is C13H19N3. The van der Waals surface area contributed by atoms with Gasteiger partial charge in [-0.05, 0) is 38.7 Å². The second kappa shape index (κ2) is 6.26. The Labute approximate surface area is 97.7 Å². The van der Waals surface area contributed by atoms with E-state index in [1.165, 1.54) is 0 Å². The molecule has 86 valence electrons. The Morgan fingerprint density at radius 1 is 1.44 bits per heavy atom. The van der Waals surface area contributed by atoms with Gasteiger partial charge in [-0.1, -0.05) is 12.1 Å². The Bertz CT molecular complexity index is 366. The van der Waals surface area contributed by atoms with E-state index in [-0.39, 0.29) is 6.04 Å². The maximum absolute atomic E-state index is 8.82. The van der Waals surface area contributed by atoms with Crippen LogP contribution < -0.4 is 5.32 Å². The van der Waals surface area contributed by atoms with Crippen LogP contribution in [0.25, 0.3) is 0 Å². The molecule has 1 unspecified atom stereocenters.